The highest BCUT2D eigenvalue weighted by molar-refractivity contribution is 7.99. The number of hydrogen-bond donors (Lipinski definition) is 0. The predicted octanol–water partition coefficient (Wildman–Crippen LogP) is 5.83. The molecule has 2 aromatic carbocycles. The second-order valence-electron chi connectivity index (χ2n) is 6.04. The minimum atomic E-state index is -4.16. The summed E-state index contributed by atoms with van der Waals surface area (Å²) in [6, 6.07) is 13.8. The molecule has 1 aliphatic rings. The van der Waals surface area contributed by atoms with E-state index in [1.54, 1.807) is 11.8 Å². The van der Waals surface area contributed by atoms with E-state index in [1.807, 2.05) is 36.4 Å². The van der Waals surface area contributed by atoms with E-state index in [-0.39, 0.29) is 0 Å². The first kappa shape index (κ1) is 18.4. The van der Waals surface area contributed by atoms with Gasteiger partial charge in [-0.05, 0) is 50.3 Å². The van der Waals surface area contributed by atoms with Crippen molar-refractivity contribution < 1.29 is 13.2 Å². The number of fused-ring (bicyclic) bond motifs is 2. The summed E-state index contributed by atoms with van der Waals surface area (Å²) in [6.45, 7) is 0.121. The molecule has 25 heavy (non-hydrogen) atoms. The van der Waals surface area contributed by atoms with Gasteiger partial charge in [-0.2, -0.15) is 13.2 Å². The summed E-state index contributed by atoms with van der Waals surface area (Å²) < 4.78 is 37.4. The fourth-order valence-electron chi connectivity index (χ4n) is 2.93. The van der Waals surface area contributed by atoms with Crippen molar-refractivity contribution in [3.05, 3.63) is 47.5 Å². The zero-order valence-corrected chi connectivity index (χ0v) is 15.3. The molecule has 0 saturated heterocycles. The smallest absolute Gasteiger partial charge is 0.340 e. The van der Waals surface area contributed by atoms with Gasteiger partial charge < -0.3 is 4.90 Å². The Balaban J connectivity index is 1.75. The monoisotopic (exact) mass is 386 g/mol. The Labute approximate surface area is 154 Å². The summed E-state index contributed by atoms with van der Waals surface area (Å²) >= 11 is 7.84. The number of para-hydroxylation sites is 1. The minimum absolute atomic E-state index is 0.376. The summed E-state index contributed by atoms with van der Waals surface area (Å²) in [5.41, 5.74) is 2.08. The van der Waals surface area contributed by atoms with E-state index in [1.165, 1.54) is 11.9 Å². The molecule has 1 aliphatic heterocycles. The fourth-order valence-corrected chi connectivity index (χ4v) is 4.17. The number of nitrogens with zero attached hydrogens (tertiary/aromatic N) is 2. The molecule has 0 amide bonds. The van der Waals surface area contributed by atoms with Gasteiger partial charge >= 0.3 is 6.18 Å². The Morgan fingerprint density at radius 1 is 1.08 bits per heavy atom. The third kappa shape index (κ3) is 4.63. The largest absolute Gasteiger partial charge is 0.401 e. The minimum Gasteiger partial charge on any atom is -0.340 e. The second kappa shape index (κ2) is 7.48. The Kier molecular flexibility index (Phi) is 5.51. The highest BCUT2D eigenvalue weighted by atomic mass is 35.5. The molecular formula is C18H18ClF3N2S. The molecule has 134 valence electrons. The molecule has 0 bridgehead atoms. The van der Waals surface area contributed by atoms with Crippen LogP contribution in [0, 0.1) is 0 Å². The third-order valence-corrected chi connectivity index (χ3v) is 5.32. The summed E-state index contributed by atoms with van der Waals surface area (Å²) in [7, 11) is 1.50. The molecule has 2 aromatic rings. The van der Waals surface area contributed by atoms with Crippen LogP contribution in [0.5, 0.6) is 0 Å². The highest BCUT2D eigenvalue weighted by Crippen LogP contribution is 2.48. The maximum Gasteiger partial charge on any atom is 0.401 e. The van der Waals surface area contributed by atoms with Crippen LogP contribution in [0.15, 0.2) is 52.3 Å². The molecule has 0 aromatic heterocycles. The van der Waals surface area contributed by atoms with E-state index in [9.17, 15) is 13.2 Å². The Morgan fingerprint density at radius 3 is 2.56 bits per heavy atom. The van der Waals surface area contributed by atoms with Gasteiger partial charge in [-0.1, -0.05) is 35.5 Å². The molecule has 0 unspecified atom stereocenters. The highest BCUT2D eigenvalue weighted by Gasteiger charge is 2.29. The number of rotatable bonds is 5. The molecule has 2 nitrogen and oxygen atoms in total. The predicted molar refractivity (Wildman–Crippen MR) is 97.2 cm³/mol. The van der Waals surface area contributed by atoms with Gasteiger partial charge in [0.15, 0.2) is 0 Å². The molecule has 0 aliphatic carbocycles. The summed E-state index contributed by atoms with van der Waals surface area (Å²) in [5.74, 6) is 0. The standard InChI is InChI=1S/C18H18ClF3N2S/c1-23(12-18(20,21)22)9-4-10-24-14-5-2-3-6-16(14)25-17-8-7-13(19)11-15(17)24/h2-3,5-8,11H,4,9-10,12H2,1H3. The van der Waals surface area contributed by atoms with Crippen molar-refractivity contribution in [2.75, 3.05) is 31.6 Å². The van der Waals surface area contributed by atoms with E-state index < -0.39 is 12.7 Å². The van der Waals surface area contributed by atoms with Crippen LogP contribution in [0.1, 0.15) is 6.42 Å². The topological polar surface area (TPSA) is 6.48 Å². The van der Waals surface area contributed by atoms with Crippen molar-refractivity contribution in [2.45, 2.75) is 22.4 Å². The average molecular weight is 387 g/mol. The molecule has 0 spiro atoms. The second-order valence-corrected chi connectivity index (χ2v) is 7.56. The molecule has 0 N–H and O–H groups in total. The van der Waals surface area contributed by atoms with Crippen molar-refractivity contribution in [3.63, 3.8) is 0 Å². The summed E-state index contributed by atoms with van der Waals surface area (Å²) in [5, 5.41) is 0.651. The molecule has 7 heteroatoms. The Hall–Kier alpha value is -1.37. The van der Waals surface area contributed by atoms with Crippen LogP contribution in [-0.4, -0.2) is 37.8 Å². The van der Waals surface area contributed by atoms with Crippen LogP contribution in [0.3, 0.4) is 0 Å². The van der Waals surface area contributed by atoms with Crippen molar-refractivity contribution >= 4 is 34.7 Å². The van der Waals surface area contributed by atoms with Gasteiger partial charge in [0.25, 0.3) is 0 Å². The lowest BCUT2D eigenvalue weighted by Crippen LogP contribution is -2.33. The van der Waals surface area contributed by atoms with Crippen LogP contribution in [-0.2, 0) is 0 Å². The SMILES string of the molecule is CN(CCCN1c2ccccc2Sc2ccc(Cl)cc21)CC(F)(F)F. The number of anilines is 2. The zero-order chi connectivity index (χ0) is 18.0. The molecule has 3 rings (SSSR count). The molecule has 0 fully saturated rings. The van der Waals surface area contributed by atoms with Crippen LogP contribution in [0.4, 0.5) is 24.5 Å². The summed E-state index contributed by atoms with van der Waals surface area (Å²) in [4.78, 5) is 5.70. The fraction of sp³-hybridized carbons (Fsp3) is 0.333. The Bertz CT molecular complexity index is 751. The molecular weight excluding hydrogens is 369 g/mol. The van der Waals surface area contributed by atoms with Crippen molar-refractivity contribution in [2.24, 2.45) is 0 Å². The van der Waals surface area contributed by atoms with Crippen molar-refractivity contribution in [1.29, 1.82) is 0 Å². The van der Waals surface area contributed by atoms with Crippen LogP contribution in [0.25, 0.3) is 0 Å². The lowest BCUT2D eigenvalue weighted by Gasteiger charge is -2.33. The Morgan fingerprint density at radius 2 is 1.80 bits per heavy atom. The maximum absolute atomic E-state index is 12.5. The van der Waals surface area contributed by atoms with Gasteiger partial charge in [0.2, 0.25) is 0 Å². The van der Waals surface area contributed by atoms with Crippen molar-refractivity contribution in [3.8, 4) is 0 Å². The zero-order valence-electron chi connectivity index (χ0n) is 13.7. The van der Waals surface area contributed by atoms with E-state index in [4.69, 9.17) is 11.6 Å². The van der Waals surface area contributed by atoms with Gasteiger partial charge in [-0.15, -0.1) is 0 Å². The lowest BCUT2D eigenvalue weighted by atomic mass is 10.2. The number of hydrogen-bond acceptors (Lipinski definition) is 3. The van der Waals surface area contributed by atoms with Crippen LogP contribution in [0.2, 0.25) is 5.02 Å². The first-order chi connectivity index (χ1) is 11.8. The summed E-state index contributed by atoms with van der Waals surface area (Å²) in [6.07, 6.45) is -3.54. The van der Waals surface area contributed by atoms with Crippen LogP contribution >= 0.6 is 23.4 Å². The van der Waals surface area contributed by atoms with Gasteiger partial charge in [-0.25, -0.2) is 0 Å². The maximum atomic E-state index is 12.5. The van der Waals surface area contributed by atoms with Crippen LogP contribution < -0.4 is 4.90 Å². The molecule has 0 atom stereocenters. The molecule has 0 radical (unpaired) electrons. The third-order valence-electron chi connectivity index (χ3n) is 3.96. The average Bonchev–Trinajstić information content (AvgIpc) is 2.53. The van der Waals surface area contributed by atoms with E-state index >= 15 is 0 Å². The quantitative estimate of drug-likeness (QED) is 0.638. The van der Waals surface area contributed by atoms with Gasteiger partial charge in [0.1, 0.15) is 0 Å². The normalized spacial score (nSPS) is 13.8. The molecule has 1 heterocycles. The van der Waals surface area contributed by atoms with E-state index in [0.29, 0.717) is 24.5 Å². The van der Waals surface area contributed by atoms with Gasteiger partial charge in [0, 0.05) is 21.4 Å². The number of halogens is 4. The van der Waals surface area contributed by atoms with Gasteiger partial charge in [-0.3, -0.25) is 4.90 Å². The first-order valence-corrected chi connectivity index (χ1v) is 9.12. The molecule has 0 saturated carbocycles. The van der Waals surface area contributed by atoms with E-state index in [2.05, 4.69) is 11.0 Å². The number of alkyl halides is 3. The lowest BCUT2D eigenvalue weighted by molar-refractivity contribution is -0.143. The van der Waals surface area contributed by atoms with Crippen molar-refractivity contribution in [1.82, 2.24) is 4.90 Å². The van der Waals surface area contributed by atoms with Gasteiger partial charge in [0.05, 0.1) is 17.9 Å². The van der Waals surface area contributed by atoms with E-state index in [0.717, 1.165) is 21.2 Å². The first-order valence-electron chi connectivity index (χ1n) is 7.93. The number of benzene rings is 2.